The third-order valence-corrected chi connectivity index (χ3v) is 3.08. The summed E-state index contributed by atoms with van der Waals surface area (Å²) in [5, 5.41) is 12.9. The van der Waals surface area contributed by atoms with Crippen LogP contribution in [0.2, 0.25) is 0 Å². The topological polar surface area (TPSA) is 41.5 Å². The smallest absolute Gasteiger partial charge is 0.0897 e. The van der Waals surface area contributed by atoms with Gasteiger partial charge in [-0.05, 0) is 13.3 Å². The predicted molar refractivity (Wildman–Crippen MR) is 81.1 cm³/mol. The van der Waals surface area contributed by atoms with Crippen molar-refractivity contribution in [3.63, 3.8) is 0 Å². The molecule has 0 rings (SSSR count). The van der Waals surface area contributed by atoms with Crippen LogP contribution < -0.4 is 5.32 Å². The van der Waals surface area contributed by atoms with Gasteiger partial charge >= 0.3 is 0 Å². The van der Waals surface area contributed by atoms with Gasteiger partial charge in [-0.3, -0.25) is 0 Å². The number of hydrogen-bond acceptors (Lipinski definition) is 3. The van der Waals surface area contributed by atoms with Crippen LogP contribution in [0.25, 0.3) is 0 Å². The second-order valence-electron chi connectivity index (χ2n) is 5.21. The number of unbranched alkanes of at least 4 members (excludes halogenated alkanes) is 5. The minimum absolute atomic E-state index is 0.248. The van der Waals surface area contributed by atoms with E-state index in [9.17, 15) is 5.11 Å². The minimum Gasteiger partial charge on any atom is -0.389 e. The Bertz CT molecular complexity index is 225. The zero-order valence-corrected chi connectivity index (χ0v) is 12.7. The highest BCUT2D eigenvalue weighted by Crippen LogP contribution is 2.04. The fraction of sp³-hybridized carbons (Fsp3) is 0.875. The maximum atomic E-state index is 9.70. The molecule has 3 heteroatoms. The molecular formula is C16H31NO2. The molecule has 19 heavy (non-hydrogen) atoms. The lowest BCUT2D eigenvalue weighted by Crippen LogP contribution is -2.35. The number of nitrogens with one attached hydrogen (secondary N) is 1. The first-order valence-corrected chi connectivity index (χ1v) is 7.63. The highest BCUT2D eigenvalue weighted by Gasteiger charge is 2.06. The zero-order valence-electron chi connectivity index (χ0n) is 12.7. The van der Waals surface area contributed by atoms with Crippen molar-refractivity contribution >= 4 is 0 Å². The molecular weight excluding hydrogens is 238 g/mol. The quantitative estimate of drug-likeness (QED) is 0.399. The average Bonchev–Trinajstić information content (AvgIpc) is 2.40. The van der Waals surface area contributed by atoms with Crippen molar-refractivity contribution in [2.24, 2.45) is 0 Å². The molecule has 0 aromatic heterocycles. The summed E-state index contributed by atoms with van der Waals surface area (Å²) in [7, 11) is 0. The fourth-order valence-electron chi connectivity index (χ4n) is 1.85. The zero-order chi connectivity index (χ0) is 14.3. The third kappa shape index (κ3) is 13.7. The molecule has 0 radical (unpaired) electrons. The first-order chi connectivity index (χ1) is 9.20. The predicted octanol–water partition coefficient (Wildman–Crippen LogP) is 2.73. The molecule has 2 N–H and O–H groups in total. The normalized spacial score (nSPS) is 14.0. The molecule has 0 aliphatic carbocycles. The van der Waals surface area contributed by atoms with Gasteiger partial charge in [-0.15, -0.1) is 12.3 Å². The summed E-state index contributed by atoms with van der Waals surface area (Å²) in [6.45, 7) is 5.94. The molecule has 0 aromatic rings. The van der Waals surface area contributed by atoms with Gasteiger partial charge in [-0.25, -0.2) is 0 Å². The van der Waals surface area contributed by atoms with Crippen LogP contribution in [0.15, 0.2) is 0 Å². The molecule has 0 fully saturated rings. The number of terminal acetylenes is 1. The van der Waals surface area contributed by atoms with Crippen LogP contribution in [0.4, 0.5) is 0 Å². The van der Waals surface area contributed by atoms with Crippen molar-refractivity contribution < 1.29 is 9.84 Å². The Morgan fingerprint density at radius 1 is 1.21 bits per heavy atom. The molecule has 3 nitrogen and oxygen atoms in total. The lowest BCUT2D eigenvalue weighted by Gasteiger charge is -2.15. The van der Waals surface area contributed by atoms with Gasteiger partial charge < -0.3 is 15.2 Å². The van der Waals surface area contributed by atoms with Crippen LogP contribution in [0.5, 0.6) is 0 Å². The summed E-state index contributed by atoms with van der Waals surface area (Å²) in [5.74, 6) is 2.60. The van der Waals surface area contributed by atoms with Crippen molar-refractivity contribution in [1.82, 2.24) is 5.32 Å². The Kier molecular flexibility index (Phi) is 13.5. The van der Waals surface area contributed by atoms with Gasteiger partial charge in [-0.1, -0.05) is 39.0 Å². The largest absolute Gasteiger partial charge is 0.389 e. The standard InChI is InChI=1S/C16H31NO2/c1-4-6-7-8-9-10-12-19-14-16(18)13-17-15(3)11-5-2/h2,15-18H,4,6-14H2,1,3H3. The summed E-state index contributed by atoms with van der Waals surface area (Å²) in [5.41, 5.74) is 0. The van der Waals surface area contributed by atoms with E-state index in [4.69, 9.17) is 11.2 Å². The van der Waals surface area contributed by atoms with Crippen LogP contribution in [-0.4, -0.2) is 37.0 Å². The minimum atomic E-state index is -0.444. The third-order valence-electron chi connectivity index (χ3n) is 3.08. The number of aliphatic hydroxyl groups is 1. The summed E-state index contributed by atoms with van der Waals surface area (Å²) >= 11 is 0. The monoisotopic (exact) mass is 269 g/mol. The van der Waals surface area contributed by atoms with Gasteiger partial charge in [0.15, 0.2) is 0 Å². The molecule has 112 valence electrons. The lowest BCUT2D eigenvalue weighted by atomic mass is 10.1. The van der Waals surface area contributed by atoms with E-state index in [1.54, 1.807) is 0 Å². The Hall–Kier alpha value is -0.560. The van der Waals surface area contributed by atoms with E-state index in [-0.39, 0.29) is 6.04 Å². The summed E-state index contributed by atoms with van der Waals surface area (Å²) in [6.07, 6.45) is 13.0. The maximum Gasteiger partial charge on any atom is 0.0897 e. The fourth-order valence-corrected chi connectivity index (χ4v) is 1.85. The van der Waals surface area contributed by atoms with Gasteiger partial charge in [0.05, 0.1) is 12.7 Å². The Labute approximate surface area is 119 Å². The second-order valence-corrected chi connectivity index (χ2v) is 5.21. The van der Waals surface area contributed by atoms with Crippen LogP contribution in [0.3, 0.4) is 0 Å². The van der Waals surface area contributed by atoms with E-state index in [2.05, 4.69) is 18.2 Å². The molecule has 0 aliphatic heterocycles. The van der Waals surface area contributed by atoms with E-state index < -0.39 is 6.10 Å². The number of rotatable bonds is 13. The Morgan fingerprint density at radius 3 is 2.58 bits per heavy atom. The molecule has 0 amide bonds. The summed E-state index contributed by atoms with van der Waals surface area (Å²) < 4.78 is 5.46. The highest BCUT2D eigenvalue weighted by atomic mass is 16.5. The van der Waals surface area contributed by atoms with Crippen molar-refractivity contribution in [3.05, 3.63) is 0 Å². The Morgan fingerprint density at radius 2 is 1.89 bits per heavy atom. The molecule has 0 saturated carbocycles. The molecule has 0 saturated heterocycles. The van der Waals surface area contributed by atoms with Crippen molar-refractivity contribution in [2.45, 2.75) is 70.9 Å². The van der Waals surface area contributed by atoms with Gasteiger partial charge in [0.2, 0.25) is 0 Å². The molecule has 0 heterocycles. The van der Waals surface area contributed by atoms with Gasteiger partial charge in [0, 0.05) is 25.6 Å². The highest BCUT2D eigenvalue weighted by molar-refractivity contribution is 4.88. The van der Waals surface area contributed by atoms with Crippen molar-refractivity contribution in [1.29, 1.82) is 0 Å². The van der Waals surface area contributed by atoms with E-state index in [0.29, 0.717) is 19.6 Å². The second kappa shape index (κ2) is 13.9. The van der Waals surface area contributed by atoms with Crippen molar-refractivity contribution in [3.8, 4) is 12.3 Å². The number of ether oxygens (including phenoxy) is 1. The van der Waals surface area contributed by atoms with Crippen LogP contribution in [0.1, 0.15) is 58.8 Å². The first-order valence-electron chi connectivity index (χ1n) is 7.63. The van der Waals surface area contributed by atoms with Crippen LogP contribution in [0, 0.1) is 12.3 Å². The van der Waals surface area contributed by atoms with E-state index >= 15 is 0 Å². The summed E-state index contributed by atoms with van der Waals surface area (Å²) in [6, 6.07) is 0.248. The van der Waals surface area contributed by atoms with Crippen molar-refractivity contribution in [2.75, 3.05) is 19.8 Å². The first kappa shape index (κ1) is 18.4. The average molecular weight is 269 g/mol. The van der Waals surface area contributed by atoms with E-state index in [0.717, 1.165) is 13.0 Å². The van der Waals surface area contributed by atoms with Gasteiger partial charge in [-0.2, -0.15) is 0 Å². The van der Waals surface area contributed by atoms with Crippen LogP contribution in [-0.2, 0) is 4.74 Å². The van der Waals surface area contributed by atoms with Gasteiger partial charge in [0.25, 0.3) is 0 Å². The van der Waals surface area contributed by atoms with E-state index in [1.807, 2.05) is 6.92 Å². The summed E-state index contributed by atoms with van der Waals surface area (Å²) in [4.78, 5) is 0. The molecule has 0 spiro atoms. The SMILES string of the molecule is C#CCC(C)NCC(O)COCCCCCCCC. The number of hydrogen-bond donors (Lipinski definition) is 2. The van der Waals surface area contributed by atoms with Crippen LogP contribution >= 0.6 is 0 Å². The van der Waals surface area contributed by atoms with Gasteiger partial charge in [0.1, 0.15) is 0 Å². The molecule has 0 aliphatic rings. The Balaban J connectivity index is 3.25. The molecule has 2 unspecified atom stereocenters. The molecule has 2 atom stereocenters. The van der Waals surface area contributed by atoms with E-state index in [1.165, 1.54) is 32.1 Å². The maximum absolute atomic E-state index is 9.70. The molecule has 0 bridgehead atoms. The molecule has 0 aromatic carbocycles. The lowest BCUT2D eigenvalue weighted by molar-refractivity contribution is 0.0344. The number of aliphatic hydroxyl groups excluding tert-OH is 1.